The van der Waals surface area contributed by atoms with Crippen LogP contribution in [0.4, 0.5) is 0 Å². The number of hydrogen-bond donors (Lipinski definition) is 0. The highest BCUT2D eigenvalue weighted by atomic mass is 16.5. The average molecular weight is 375 g/mol. The standard InChI is InChI=1S/C23H21NO4/c1-16-6-3-8-18(12-16)14-27-22(25)20-10-5-11-21(24-20)23(26)28-15-19-9-4-7-17(2)13-19/h3-13H,14-15H2,1-2H3. The fourth-order valence-corrected chi connectivity index (χ4v) is 2.71. The van der Waals surface area contributed by atoms with Gasteiger partial charge in [-0.15, -0.1) is 0 Å². The second-order valence-corrected chi connectivity index (χ2v) is 6.54. The molecule has 0 spiro atoms. The summed E-state index contributed by atoms with van der Waals surface area (Å²) >= 11 is 0. The lowest BCUT2D eigenvalue weighted by Gasteiger charge is -2.07. The van der Waals surface area contributed by atoms with E-state index in [4.69, 9.17) is 9.47 Å². The number of carbonyl (C=O) groups is 2. The van der Waals surface area contributed by atoms with Crippen molar-refractivity contribution in [3.8, 4) is 0 Å². The van der Waals surface area contributed by atoms with Crippen LogP contribution in [0.5, 0.6) is 0 Å². The number of rotatable bonds is 6. The number of aryl methyl sites for hydroxylation is 2. The van der Waals surface area contributed by atoms with E-state index in [1.807, 2.05) is 62.4 Å². The summed E-state index contributed by atoms with van der Waals surface area (Å²) in [7, 11) is 0. The topological polar surface area (TPSA) is 65.5 Å². The molecule has 0 aliphatic heterocycles. The molecule has 142 valence electrons. The van der Waals surface area contributed by atoms with Crippen molar-refractivity contribution >= 4 is 11.9 Å². The van der Waals surface area contributed by atoms with Crippen molar-refractivity contribution in [3.05, 3.63) is 100 Å². The van der Waals surface area contributed by atoms with Crippen LogP contribution in [0.1, 0.15) is 43.2 Å². The molecule has 3 rings (SSSR count). The van der Waals surface area contributed by atoms with Gasteiger partial charge in [-0.05, 0) is 37.1 Å². The van der Waals surface area contributed by atoms with E-state index in [0.717, 1.165) is 22.3 Å². The van der Waals surface area contributed by atoms with Gasteiger partial charge in [0.2, 0.25) is 0 Å². The molecule has 0 saturated heterocycles. The predicted molar refractivity (Wildman–Crippen MR) is 105 cm³/mol. The number of aromatic nitrogens is 1. The van der Waals surface area contributed by atoms with Gasteiger partial charge in [0, 0.05) is 0 Å². The summed E-state index contributed by atoms with van der Waals surface area (Å²) in [6.45, 7) is 4.23. The van der Waals surface area contributed by atoms with Crippen LogP contribution in [-0.2, 0) is 22.7 Å². The highest BCUT2D eigenvalue weighted by Gasteiger charge is 2.15. The van der Waals surface area contributed by atoms with Gasteiger partial charge in [-0.1, -0.05) is 65.7 Å². The maximum absolute atomic E-state index is 12.3. The first-order valence-corrected chi connectivity index (χ1v) is 8.93. The van der Waals surface area contributed by atoms with Crippen LogP contribution < -0.4 is 0 Å². The van der Waals surface area contributed by atoms with E-state index in [0.29, 0.717) is 0 Å². The van der Waals surface area contributed by atoms with Gasteiger partial charge in [-0.3, -0.25) is 0 Å². The molecule has 0 aliphatic carbocycles. The maximum atomic E-state index is 12.3. The first-order chi connectivity index (χ1) is 13.5. The second-order valence-electron chi connectivity index (χ2n) is 6.54. The molecule has 2 aromatic carbocycles. The van der Waals surface area contributed by atoms with Crippen LogP contribution in [0.25, 0.3) is 0 Å². The fourth-order valence-electron chi connectivity index (χ4n) is 2.71. The van der Waals surface area contributed by atoms with Crippen molar-refractivity contribution < 1.29 is 19.1 Å². The molecule has 0 radical (unpaired) electrons. The molecular formula is C23H21NO4. The van der Waals surface area contributed by atoms with Crippen molar-refractivity contribution in [3.63, 3.8) is 0 Å². The number of nitrogens with zero attached hydrogens (tertiary/aromatic N) is 1. The third-order valence-corrected chi connectivity index (χ3v) is 4.07. The third-order valence-electron chi connectivity index (χ3n) is 4.07. The van der Waals surface area contributed by atoms with E-state index in [2.05, 4.69) is 4.98 Å². The van der Waals surface area contributed by atoms with E-state index in [1.165, 1.54) is 12.1 Å². The van der Waals surface area contributed by atoms with Crippen molar-refractivity contribution in [2.24, 2.45) is 0 Å². The van der Waals surface area contributed by atoms with Crippen LogP contribution in [0, 0.1) is 13.8 Å². The molecule has 1 heterocycles. The zero-order chi connectivity index (χ0) is 19.9. The predicted octanol–water partition coefficient (Wildman–Crippen LogP) is 4.41. The lowest BCUT2D eigenvalue weighted by atomic mass is 10.1. The monoisotopic (exact) mass is 375 g/mol. The zero-order valence-corrected chi connectivity index (χ0v) is 15.8. The Morgan fingerprint density at radius 2 is 1.14 bits per heavy atom. The highest BCUT2D eigenvalue weighted by Crippen LogP contribution is 2.10. The molecule has 0 fully saturated rings. The van der Waals surface area contributed by atoms with Gasteiger partial charge >= 0.3 is 11.9 Å². The van der Waals surface area contributed by atoms with Crippen LogP contribution in [0.3, 0.4) is 0 Å². The van der Waals surface area contributed by atoms with E-state index in [1.54, 1.807) is 6.07 Å². The molecule has 3 aromatic rings. The minimum atomic E-state index is -0.588. The molecule has 5 heteroatoms. The molecule has 0 bridgehead atoms. The van der Waals surface area contributed by atoms with E-state index in [-0.39, 0.29) is 24.6 Å². The molecule has 1 aromatic heterocycles. The van der Waals surface area contributed by atoms with Crippen LogP contribution >= 0.6 is 0 Å². The Morgan fingerprint density at radius 3 is 1.57 bits per heavy atom. The van der Waals surface area contributed by atoms with E-state index < -0.39 is 11.9 Å². The number of esters is 2. The van der Waals surface area contributed by atoms with Crippen molar-refractivity contribution in [2.45, 2.75) is 27.1 Å². The fraction of sp³-hybridized carbons (Fsp3) is 0.174. The number of hydrogen-bond acceptors (Lipinski definition) is 5. The first-order valence-electron chi connectivity index (χ1n) is 8.93. The van der Waals surface area contributed by atoms with Crippen molar-refractivity contribution in [1.82, 2.24) is 4.98 Å². The molecule has 0 amide bonds. The SMILES string of the molecule is Cc1cccc(COC(=O)c2cccc(C(=O)OCc3cccc(C)c3)n2)c1. The maximum Gasteiger partial charge on any atom is 0.357 e. The summed E-state index contributed by atoms with van der Waals surface area (Å²) in [5, 5.41) is 0. The van der Waals surface area contributed by atoms with Gasteiger partial charge in [-0.25, -0.2) is 14.6 Å². The van der Waals surface area contributed by atoms with Gasteiger partial charge in [0.1, 0.15) is 24.6 Å². The highest BCUT2D eigenvalue weighted by molar-refractivity contribution is 5.91. The molecule has 5 nitrogen and oxygen atoms in total. The Labute approximate surface area is 164 Å². The summed E-state index contributed by atoms with van der Waals surface area (Å²) in [6, 6.07) is 20.0. The number of pyridine rings is 1. The minimum absolute atomic E-state index is 0.0673. The van der Waals surface area contributed by atoms with E-state index >= 15 is 0 Å². The molecule has 28 heavy (non-hydrogen) atoms. The Balaban J connectivity index is 1.60. The Bertz CT molecular complexity index is 920. The lowest BCUT2D eigenvalue weighted by Crippen LogP contribution is -2.12. The Morgan fingerprint density at radius 1 is 0.714 bits per heavy atom. The van der Waals surface area contributed by atoms with Crippen LogP contribution in [0.15, 0.2) is 66.7 Å². The third kappa shape index (κ3) is 5.27. The molecule has 0 saturated carbocycles. The summed E-state index contributed by atoms with van der Waals surface area (Å²) < 4.78 is 10.6. The van der Waals surface area contributed by atoms with E-state index in [9.17, 15) is 9.59 Å². The normalized spacial score (nSPS) is 10.4. The Kier molecular flexibility index (Phi) is 6.17. The molecule has 0 atom stereocenters. The van der Waals surface area contributed by atoms with Crippen molar-refractivity contribution in [2.75, 3.05) is 0 Å². The van der Waals surface area contributed by atoms with Gasteiger partial charge in [0.05, 0.1) is 0 Å². The average Bonchev–Trinajstić information content (AvgIpc) is 2.70. The summed E-state index contributed by atoms with van der Waals surface area (Å²) in [4.78, 5) is 28.6. The number of benzene rings is 2. The largest absolute Gasteiger partial charge is 0.456 e. The van der Waals surface area contributed by atoms with Gasteiger partial charge in [0.25, 0.3) is 0 Å². The van der Waals surface area contributed by atoms with Crippen molar-refractivity contribution in [1.29, 1.82) is 0 Å². The van der Waals surface area contributed by atoms with Crippen LogP contribution in [-0.4, -0.2) is 16.9 Å². The summed E-state index contributed by atoms with van der Waals surface area (Å²) in [5.41, 5.74) is 4.09. The number of carbonyl (C=O) groups excluding carboxylic acids is 2. The smallest absolute Gasteiger partial charge is 0.357 e. The quantitative estimate of drug-likeness (QED) is 0.597. The molecule has 0 unspecified atom stereocenters. The molecule has 0 N–H and O–H groups in total. The molecular weight excluding hydrogens is 354 g/mol. The Hall–Kier alpha value is -3.47. The van der Waals surface area contributed by atoms with Gasteiger partial charge in [-0.2, -0.15) is 0 Å². The van der Waals surface area contributed by atoms with Gasteiger partial charge in [0.15, 0.2) is 0 Å². The zero-order valence-electron chi connectivity index (χ0n) is 15.8. The second kappa shape index (κ2) is 8.95. The molecule has 0 aliphatic rings. The first kappa shape index (κ1) is 19.3. The summed E-state index contributed by atoms with van der Waals surface area (Å²) in [5.74, 6) is -1.18. The number of ether oxygens (including phenoxy) is 2. The lowest BCUT2D eigenvalue weighted by molar-refractivity contribution is 0.0456. The minimum Gasteiger partial charge on any atom is -0.456 e. The van der Waals surface area contributed by atoms with Gasteiger partial charge < -0.3 is 9.47 Å². The van der Waals surface area contributed by atoms with Crippen LogP contribution in [0.2, 0.25) is 0 Å². The summed E-state index contributed by atoms with van der Waals surface area (Å²) in [6.07, 6.45) is 0.